The molecule has 4 atom stereocenters. The van der Waals surface area contributed by atoms with Crippen LogP contribution in [0.25, 0.3) is 0 Å². The van der Waals surface area contributed by atoms with E-state index in [9.17, 15) is 4.79 Å². The van der Waals surface area contributed by atoms with Crippen LogP contribution in [0.1, 0.15) is 51.2 Å². The van der Waals surface area contributed by atoms with E-state index < -0.39 is 0 Å². The molecule has 2 aromatic rings. The molecule has 2 aromatic carbocycles. The van der Waals surface area contributed by atoms with Crippen LogP contribution >= 0.6 is 0 Å². The van der Waals surface area contributed by atoms with E-state index in [1.807, 2.05) is 6.07 Å². The summed E-state index contributed by atoms with van der Waals surface area (Å²) in [5.74, 6) is 1.60. The third-order valence-corrected chi connectivity index (χ3v) is 7.55. The van der Waals surface area contributed by atoms with Crippen LogP contribution in [-0.4, -0.2) is 47.5 Å². The Morgan fingerprint density at radius 1 is 0.939 bits per heavy atom. The summed E-state index contributed by atoms with van der Waals surface area (Å²) in [5.41, 5.74) is 2.54. The molecule has 0 radical (unpaired) electrons. The molecule has 0 amide bonds. The number of rotatable bonds is 7. The average molecular weight is 449 g/mol. The Kier molecular flexibility index (Phi) is 8.21. The van der Waals surface area contributed by atoms with Crippen LogP contribution in [0.15, 0.2) is 60.7 Å². The predicted molar refractivity (Wildman–Crippen MR) is 134 cm³/mol. The van der Waals surface area contributed by atoms with Crippen molar-refractivity contribution in [3.05, 3.63) is 71.8 Å². The second kappa shape index (κ2) is 11.3. The second-order valence-electron chi connectivity index (χ2n) is 10.5. The van der Waals surface area contributed by atoms with Crippen molar-refractivity contribution >= 4 is 5.97 Å². The second-order valence-corrected chi connectivity index (χ2v) is 10.5. The molecular weight excluding hydrogens is 408 g/mol. The van der Waals surface area contributed by atoms with Crippen molar-refractivity contribution in [2.75, 3.05) is 19.6 Å². The zero-order valence-corrected chi connectivity index (χ0v) is 20.5. The Balaban J connectivity index is 1.48. The molecule has 33 heavy (non-hydrogen) atoms. The summed E-state index contributed by atoms with van der Waals surface area (Å²) >= 11 is 0. The molecule has 1 heterocycles. The lowest BCUT2D eigenvalue weighted by Gasteiger charge is -2.42. The molecule has 1 aliphatic heterocycles. The Morgan fingerprint density at radius 3 is 2.21 bits per heavy atom. The maximum atomic E-state index is 13.6. The molecule has 0 bridgehead atoms. The van der Waals surface area contributed by atoms with Gasteiger partial charge in [0.25, 0.3) is 0 Å². The number of piperazine rings is 1. The van der Waals surface area contributed by atoms with E-state index >= 15 is 0 Å². The van der Waals surface area contributed by atoms with Crippen molar-refractivity contribution < 1.29 is 9.53 Å². The SMILES string of the molecule is CC(C)[C@@H]1CC[C@@H](C)C[C@H]1OC(=O)[C@@H]1CN(Cc2ccccc2)CCN1Cc1ccccc1. The maximum absolute atomic E-state index is 13.6. The molecule has 2 fully saturated rings. The zero-order chi connectivity index (χ0) is 23.2. The lowest BCUT2D eigenvalue weighted by molar-refractivity contribution is -0.165. The van der Waals surface area contributed by atoms with Crippen LogP contribution in [0.3, 0.4) is 0 Å². The van der Waals surface area contributed by atoms with E-state index in [-0.39, 0.29) is 18.1 Å². The summed E-state index contributed by atoms with van der Waals surface area (Å²) in [6, 6.07) is 20.8. The number of hydrogen-bond acceptors (Lipinski definition) is 4. The van der Waals surface area contributed by atoms with Gasteiger partial charge < -0.3 is 4.74 Å². The van der Waals surface area contributed by atoms with E-state index in [1.54, 1.807) is 0 Å². The van der Waals surface area contributed by atoms with Crippen LogP contribution in [0.2, 0.25) is 0 Å². The average Bonchev–Trinajstić information content (AvgIpc) is 2.81. The lowest BCUT2D eigenvalue weighted by atomic mass is 9.75. The molecule has 1 saturated heterocycles. The summed E-state index contributed by atoms with van der Waals surface area (Å²) in [4.78, 5) is 18.4. The normalized spacial score (nSPS) is 26.9. The lowest BCUT2D eigenvalue weighted by Crippen LogP contribution is -2.56. The van der Waals surface area contributed by atoms with Crippen LogP contribution in [0, 0.1) is 17.8 Å². The van der Waals surface area contributed by atoms with Gasteiger partial charge >= 0.3 is 5.97 Å². The smallest absolute Gasteiger partial charge is 0.324 e. The summed E-state index contributed by atoms with van der Waals surface area (Å²) < 4.78 is 6.33. The molecule has 4 rings (SSSR count). The first-order valence-electron chi connectivity index (χ1n) is 12.7. The van der Waals surface area contributed by atoms with Crippen LogP contribution < -0.4 is 0 Å². The molecular formula is C29H40N2O2. The highest BCUT2D eigenvalue weighted by molar-refractivity contribution is 5.76. The minimum atomic E-state index is -0.229. The number of carbonyl (C=O) groups excluding carboxylic acids is 1. The first kappa shape index (κ1) is 24.0. The van der Waals surface area contributed by atoms with Gasteiger partial charge in [-0.25, -0.2) is 0 Å². The van der Waals surface area contributed by atoms with Crippen molar-refractivity contribution in [1.82, 2.24) is 9.80 Å². The minimum absolute atomic E-state index is 0.0338. The minimum Gasteiger partial charge on any atom is -0.461 e. The van der Waals surface area contributed by atoms with Crippen molar-refractivity contribution in [2.45, 2.75) is 65.3 Å². The molecule has 178 valence electrons. The highest BCUT2D eigenvalue weighted by Crippen LogP contribution is 2.35. The number of hydrogen-bond donors (Lipinski definition) is 0. The molecule has 4 heteroatoms. The van der Waals surface area contributed by atoms with Gasteiger partial charge in [-0.2, -0.15) is 0 Å². The summed E-state index contributed by atoms with van der Waals surface area (Å²) in [6.07, 6.45) is 3.44. The predicted octanol–water partition coefficient (Wildman–Crippen LogP) is 5.38. The van der Waals surface area contributed by atoms with Gasteiger partial charge in [-0.15, -0.1) is 0 Å². The third kappa shape index (κ3) is 6.45. The zero-order valence-electron chi connectivity index (χ0n) is 20.5. The van der Waals surface area contributed by atoms with Crippen LogP contribution in [-0.2, 0) is 22.6 Å². The highest BCUT2D eigenvalue weighted by Gasteiger charge is 2.38. The summed E-state index contributed by atoms with van der Waals surface area (Å²) in [5, 5.41) is 0. The standard InChI is InChI=1S/C29H40N2O2/c1-22(2)26-15-14-23(3)18-28(26)33-29(32)27-21-30(19-24-10-6-4-7-11-24)16-17-31(27)20-25-12-8-5-9-13-25/h4-13,22-23,26-28H,14-21H2,1-3H3/t23-,26+,27+,28-/m1/s1. The highest BCUT2D eigenvalue weighted by atomic mass is 16.5. The van der Waals surface area contributed by atoms with Gasteiger partial charge in [-0.05, 0) is 41.7 Å². The molecule has 0 aromatic heterocycles. The molecule has 0 N–H and O–H groups in total. The summed E-state index contributed by atoms with van der Waals surface area (Å²) in [7, 11) is 0. The Morgan fingerprint density at radius 2 is 1.58 bits per heavy atom. The van der Waals surface area contributed by atoms with Gasteiger partial charge in [0.2, 0.25) is 0 Å². The topological polar surface area (TPSA) is 32.8 Å². The van der Waals surface area contributed by atoms with Crippen LogP contribution in [0.5, 0.6) is 0 Å². The van der Waals surface area contributed by atoms with Crippen molar-refractivity contribution in [3.8, 4) is 0 Å². The third-order valence-electron chi connectivity index (χ3n) is 7.55. The monoisotopic (exact) mass is 448 g/mol. The quantitative estimate of drug-likeness (QED) is 0.533. The molecule has 2 aliphatic rings. The van der Waals surface area contributed by atoms with Gasteiger partial charge in [0.1, 0.15) is 12.1 Å². The van der Waals surface area contributed by atoms with Crippen molar-refractivity contribution in [1.29, 1.82) is 0 Å². The number of nitrogens with zero attached hydrogens (tertiary/aromatic N) is 2. The van der Waals surface area contributed by atoms with Crippen molar-refractivity contribution in [3.63, 3.8) is 0 Å². The number of benzene rings is 2. The van der Waals surface area contributed by atoms with Crippen molar-refractivity contribution in [2.24, 2.45) is 17.8 Å². The van der Waals surface area contributed by atoms with E-state index in [4.69, 9.17) is 4.74 Å². The fourth-order valence-electron chi connectivity index (χ4n) is 5.57. The molecule has 1 aliphatic carbocycles. The Hall–Kier alpha value is -2.17. The Labute approximate surface area is 199 Å². The number of esters is 1. The molecule has 1 saturated carbocycles. The van der Waals surface area contributed by atoms with E-state index in [0.29, 0.717) is 17.8 Å². The van der Waals surface area contributed by atoms with Gasteiger partial charge in [-0.1, -0.05) is 87.9 Å². The van der Waals surface area contributed by atoms with Gasteiger partial charge in [-0.3, -0.25) is 14.6 Å². The summed E-state index contributed by atoms with van der Waals surface area (Å²) in [6.45, 7) is 11.0. The molecule has 4 nitrogen and oxygen atoms in total. The maximum Gasteiger partial charge on any atom is 0.324 e. The van der Waals surface area contributed by atoms with Gasteiger partial charge in [0.15, 0.2) is 0 Å². The number of ether oxygens (including phenoxy) is 1. The van der Waals surface area contributed by atoms with E-state index in [1.165, 1.54) is 17.5 Å². The fraction of sp³-hybridized carbons (Fsp3) is 0.552. The van der Waals surface area contributed by atoms with E-state index in [0.717, 1.165) is 45.6 Å². The van der Waals surface area contributed by atoms with Gasteiger partial charge in [0.05, 0.1) is 0 Å². The van der Waals surface area contributed by atoms with Gasteiger partial charge in [0, 0.05) is 32.7 Å². The molecule has 0 spiro atoms. The first-order valence-corrected chi connectivity index (χ1v) is 12.7. The molecule has 0 unspecified atom stereocenters. The Bertz CT molecular complexity index is 870. The number of carbonyl (C=O) groups is 1. The first-order chi connectivity index (χ1) is 16.0. The van der Waals surface area contributed by atoms with E-state index in [2.05, 4.69) is 85.2 Å². The largest absolute Gasteiger partial charge is 0.461 e. The fourth-order valence-corrected chi connectivity index (χ4v) is 5.57. The van der Waals surface area contributed by atoms with Crippen LogP contribution in [0.4, 0.5) is 0 Å².